The van der Waals surface area contributed by atoms with E-state index in [1.165, 1.54) is 28.4 Å². The van der Waals surface area contributed by atoms with Crippen molar-refractivity contribution >= 4 is 28.3 Å². The number of nitrogens with zero attached hydrogens (tertiary/aromatic N) is 3. The molecule has 0 atom stereocenters. The third-order valence-corrected chi connectivity index (χ3v) is 6.72. The van der Waals surface area contributed by atoms with Crippen molar-refractivity contribution < 1.29 is 22.8 Å². The highest BCUT2D eigenvalue weighted by atomic mass is 32.1. The normalized spacial score (nSPS) is 14.2. The van der Waals surface area contributed by atoms with E-state index in [9.17, 15) is 22.8 Å². The molecule has 1 saturated heterocycles. The van der Waals surface area contributed by atoms with Gasteiger partial charge in [0.2, 0.25) is 0 Å². The molecule has 4 rings (SSSR count). The van der Waals surface area contributed by atoms with E-state index in [1.54, 1.807) is 11.8 Å². The van der Waals surface area contributed by atoms with Crippen LogP contribution in [0.1, 0.15) is 38.5 Å². The Morgan fingerprint density at radius 2 is 1.73 bits per heavy atom. The van der Waals surface area contributed by atoms with E-state index < -0.39 is 11.7 Å². The van der Waals surface area contributed by atoms with Crippen LogP contribution >= 0.6 is 11.3 Å². The topological polar surface area (TPSA) is 53.5 Å². The van der Waals surface area contributed by atoms with Crippen LogP contribution in [-0.2, 0) is 19.1 Å². The first-order valence-electron chi connectivity index (χ1n) is 10.5. The van der Waals surface area contributed by atoms with Crippen molar-refractivity contribution in [1.82, 2.24) is 9.88 Å². The van der Waals surface area contributed by atoms with E-state index in [1.807, 2.05) is 30.3 Å². The van der Waals surface area contributed by atoms with Gasteiger partial charge in [-0.15, -0.1) is 0 Å². The predicted molar refractivity (Wildman–Crippen MR) is 121 cm³/mol. The van der Waals surface area contributed by atoms with Gasteiger partial charge < -0.3 is 4.90 Å². The first-order valence-corrected chi connectivity index (χ1v) is 11.3. The summed E-state index contributed by atoms with van der Waals surface area (Å²) in [5, 5.41) is 0.468. The fourth-order valence-corrected chi connectivity index (χ4v) is 4.75. The zero-order chi connectivity index (χ0) is 23.6. The molecule has 0 saturated carbocycles. The highest BCUT2D eigenvalue weighted by molar-refractivity contribution is 7.17. The monoisotopic (exact) mass is 473 g/mol. The van der Waals surface area contributed by atoms with Crippen molar-refractivity contribution in [2.75, 3.05) is 18.0 Å². The Morgan fingerprint density at radius 1 is 1.03 bits per heavy atom. The molecule has 3 aromatic rings. The van der Waals surface area contributed by atoms with Crippen LogP contribution in [0, 0.1) is 6.92 Å². The van der Waals surface area contributed by atoms with Gasteiger partial charge in [-0.05, 0) is 36.6 Å². The number of halogens is 3. The number of ketones is 1. The molecule has 5 nitrogen and oxygen atoms in total. The SMILES string of the molecule is Cc1nc(N2CCN(Cc3ccc(C(F)(F)F)cc3)C2=O)sc1C(=O)CCc1ccccc1. The summed E-state index contributed by atoms with van der Waals surface area (Å²) in [6, 6.07) is 14.3. The quantitative estimate of drug-likeness (QED) is 0.412. The van der Waals surface area contributed by atoms with Gasteiger partial charge in [0.25, 0.3) is 0 Å². The molecule has 0 bridgehead atoms. The van der Waals surface area contributed by atoms with Crippen molar-refractivity contribution in [2.24, 2.45) is 0 Å². The number of carbonyl (C=O) groups is 2. The Kier molecular flexibility index (Phi) is 6.51. The first kappa shape index (κ1) is 23.0. The van der Waals surface area contributed by atoms with Crippen LogP contribution < -0.4 is 4.90 Å². The van der Waals surface area contributed by atoms with E-state index in [-0.39, 0.29) is 18.4 Å². The van der Waals surface area contributed by atoms with Gasteiger partial charge in [0.1, 0.15) is 0 Å². The summed E-state index contributed by atoms with van der Waals surface area (Å²) in [6.07, 6.45) is -3.39. The number of alkyl halides is 3. The van der Waals surface area contributed by atoms with Crippen LogP contribution in [-0.4, -0.2) is 34.8 Å². The summed E-state index contributed by atoms with van der Waals surface area (Å²) in [5.74, 6) is -0.00615. The number of rotatable bonds is 7. The van der Waals surface area contributed by atoms with Gasteiger partial charge >= 0.3 is 12.2 Å². The summed E-state index contributed by atoms with van der Waals surface area (Å²) in [5.41, 5.74) is 1.58. The lowest BCUT2D eigenvalue weighted by molar-refractivity contribution is -0.137. The molecule has 0 radical (unpaired) electrons. The maximum Gasteiger partial charge on any atom is 0.416 e. The number of hydrogen-bond donors (Lipinski definition) is 0. The number of hydrogen-bond acceptors (Lipinski definition) is 4. The molecule has 2 amide bonds. The Bertz CT molecular complexity index is 1140. The minimum atomic E-state index is -4.39. The Hall–Kier alpha value is -3.20. The number of aromatic nitrogens is 1. The first-order chi connectivity index (χ1) is 15.7. The molecule has 172 valence electrons. The van der Waals surface area contributed by atoms with Crippen LogP contribution in [0.25, 0.3) is 0 Å². The number of aryl methyl sites for hydroxylation is 2. The zero-order valence-corrected chi connectivity index (χ0v) is 18.7. The Labute approximate surface area is 193 Å². The van der Waals surface area contributed by atoms with Crippen LogP contribution in [0.15, 0.2) is 54.6 Å². The number of carbonyl (C=O) groups excluding carboxylic acids is 2. The van der Waals surface area contributed by atoms with Crippen molar-refractivity contribution in [3.63, 3.8) is 0 Å². The van der Waals surface area contributed by atoms with E-state index in [2.05, 4.69) is 4.98 Å². The van der Waals surface area contributed by atoms with E-state index in [0.29, 0.717) is 47.2 Å². The van der Waals surface area contributed by atoms with Crippen molar-refractivity contribution in [1.29, 1.82) is 0 Å². The zero-order valence-electron chi connectivity index (χ0n) is 17.9. The second-order valence-corrected chi connectivity index (χ2v) is 8.85. The molecule has 0 spiro atoms. The molecule has 1 aliphatic heterocycles. The Balaban J connectivity index is 1.40. The van der Waals surface area contributed by atoms with Crippen LogP contribution in [0.3, 0.4) is 0 Å². The fraction of sp³-hybridized carbons (Fsp3) is 0.292. The molecule has 1 aromatic heterocycles. The van der Waals surface area contributed by atoms with Gasteiger partial charge in [0, 0.05) is 26.1 Å². The molecule has 0 unspecified atom stereocenters. The van der Waals surface area contributed by atoms with Crippen LogP contribution in [0.2, 0.25) is 0 Å². The predicted octanol–water partition coefficient (Wildman–Crippen LogP) is 5.73. The Morgan fingerprint density at radius 3 is 2.39 bits per heavy atom. The van der Waals surface area contributed by atoms with Gasteiger partial charge in [-0.3, -0.25) is 9.69 Å². The lowest BCUT2D eigenvalue weighted by atomic mass is 10.1. The number of thiazole rings is 1. The molecule has 1 aliphatic rings. The maximum atomic E-state index is 12.9. The molecule has 0 aliphatic carbocycles. The standard InChI is InChI=1S/C24H22F3N3O2S/c1-16-21(20(31)12-9-17-5-3-2-4-6-17)33-22(28-16)30-14-13-29(23(30)32)15-18-7-10-19(11-8-18)24(25,26)27/h2-8,10-11H,9,12-15H2,1H3. The van der Waals surface area contributed by atoms with Crippen LogP contribution in [0.5, 0.6) is 0 Å². The molecule has 33 heavy (non-hydrogen) atoms. The summed E-state index contributed by atoms with van der Waals surface area (Å²) >= 11 is 1.21. The summed E-state index contributed by atoms with van der Waals surface area (Å²) in [6.45, 7) is 2.80. The van der Waals surface area contributed by atoms with Gasteiger partial charge in [0.15, 0.2) is 10.9 Å². The smallest absolute Gasteiger partial charge is 0.318 e. The second-order valence-electron chi connectivity index (χ2n) is 7.87. The van der Waals surface area contributed by atoms with E-state index in [0.717, 1.165) is 17.7 Å². The molecule has 0 N–H and O–H groups in total. The van der Waals surface area contributed by atoms with Gasteiger partial charge in [-0.2, -0.15) is 13.2 Å². The molecule has 9 heteroatoms. The van der Waals surface area contributed by atoms with Crippen LogP contribution in [0.4, 0.5) is 23.1 Å². The highest BCUT2D eigenvalue weighted by Gasteiger charge is 2.33. The number of benzene rings is 2. The van der Waals surface area contributed by atoms with Gasteiger partial charge in [-0.25, -0.2) is 9.78 Å². The lowest BCUT2D eigenvalue weighted by Gasteiger charge is -2.17. The number of Topliss-reactive ketones (excluding diaryl/α,β-unsaturated/α-hetero) is 1. The third kappa shape index (κ3) is 5.24. The minimum Gasteiger partial charge on any atom is -0.318 e. The fourth-order valence-electron chi connectivity index (χ4n) is 3.70. The summed E-state index contributed by atoms with van der Waals surface area (Å²) < 4.78 is 38.3. The second kappa shape index (κ2) is 9.35. The lowest BCUT2D eigenvalue weighted by Crippen LogP contribution is -2.31. The third-order valence-electron chi connectivity index (χ3n) is 5.50. The maximum absolute atomic E-state index is 12.9. The average molecular weight is 474 g/mol. The van der Waals surface area contributed by atoms with Gasteiger partial charge in [-0.1, -0.05) is 53.8 Å². The highest BCUT2D eigenvalue weighted by Crippen LogP contribution is 2.31. The largest absolute Gasteiger partial charge is 0.416 e. The van der Waals surface area contributed by atoms with Crippen molar-refractivity contribution in [2.45, 2.75) is 32.5 Å². The molecular formula is C24H22F3N3O2S. The molecule has 2 aromatic carbocycles. The summed E-state index contributed by atoms with van der Waals surface area (Å²) in [4.78, 5) is 33.7. The molecular weight excluding hydrogens is 451 g/mol. The van der Waals surface area contributed by atoms with E-state index in [4.69, 9.17) is 0 Å². The van der Waals surface area contributed by atoms with E-state index >= 15 is 0 Å². The minimum absolute atomic E-state index is 0.00615. The van der Waals surface area contributed by atoms with Crippen molar-refractivity contribution in [3.05, 3.63) is 81.9 Å². The number of urea groups is 1. The average Bonchev–Trinajstić information content (AvgIpc) is 3.35. The van der Waals surface area contributed by atoms with Gasteiger partial charge in [0.05, 0.1) is 16.1 Å². The van der Waals surface area contributed by atoms with Crippen molar-refractivity contribution in [3.8, 4) is 0 Å². The number of amides is 2. The molecule has 1 fully saturated rings. The summed E-state index contributed by atoms with van der Waals surface area (Å²) in [7, 11) is 0. The molecule has 2 heterocycles. The number of anilines is 1.